The Morgan fingerprint density at radius 3 is 3.08 bits per heavy atom. The van der Waals surface area contributed by atoms with Crippen LogP contribution in [0.25, 0.3) is 0 Å². The minimum Gasteiger partial charge on any atom is -0.355 e. The van der Waals surface area contributed by atoms with Gasteiger partial charge in [-0.3, -0.25) is 4.79 Å². The van der Waals surface area contributed by atoms with Crippen LogP contribution >= 0.6 is 11.3 Å². The van der Waals surface area contributed by atoms with E-state index in [0.717, 1.165) is 6.42 Å². The minimum absolute atomic E-state index is 0.0738. The lowest BCUT2D eigenvalue weighted by Gasteiger charge is -2.00. The maximum absolute atomic E-state index is 10.7. The molecule has 66 valence electrons. The maximum atomic E-state index is 10.7. The Bertz CT molecular complexity index is 233. The lowest BCUT2D eigenvalue weighted by Crippen LogP contribution is -2.31. The molecule has 1 aromatic rings. The first-order valence-electron chi connectivity index (χ1n) is 3.82. The molecule has 1 amide bonds. The van der Waals surface area contributed by atoms with E-state index in [4.69, 9.17) is 5.73 Å². The molecule has 0 fully saturated rings. The predicted octanol–water partition coefficient (Wildman–Crippen LogP) is 0.366. The summed E-state index contributed by atoms with van der Waals surface area (Å²) < 4.78 is 0. The zero-order valence-electron chi connectivity index (χ0n) is 6.75. The van der Waals surface area contributed by atoms with Crippen LogP contribution in [0.4, 0.5) is 0 Å². The number of rotatable bonds is 4. The molecule has 3 nitrogen and oxygen atoms in total. The van der Waals surface area contributed by atoms with Gasteiger partial charge in [0.1, 0.15) is 0 Å². The largest absolute Gasteiger partial charge is 0.355 e. The van der Waals surface area contributed by atoms with Crippen LogP contribution in [-0.2, 0) is 11.2 Å². The van der Waals surface area contributed by atoms with Crippen molar-refractivity contribution in [3.05, 3.63) is 22.4 Å². The van der Waals surface area contributed by atoms with E-state index in [-0.39, 0.29) is 12.5 Å². The quantitative estimate of drug-likeness (QED) is 0.710. The molecular weight excluding hydrogens is 172 g/mol. The summed E-state index contributed by atoms with van der Waals surface area (Å²) in [5.41, 5.74) is 5.12. The fraction of sp³-hybridized carbons (Fsp3) is 0.375. The molecule has 0 aliphatic carbocycles. The molecule has 0 saturated heterocycles. The van der Waals surface area contributed by atoms with Crippen molar-refractivity contribution >= 4 is 17.2 Å². The molecule has 0 radical (unpaired) electrons. The van der Waals surface area contributed by atoms with Crippen molar-refractivity contribution in [1.82, 2.24) is 5.32 Å². The van der Waals surface area contributed by atoms with Gasteiger partial charge in [0, 0.05) is 11.4 Å². The van der Waals surface area contributed by atoms with Gasteiger partial charge in [-0.1, -0.05) is 6.07 Å². The van der Waals surface area contributed by atoms with E-state index in [1.165, 1.54) is 4.88 Å². The Kier molecular flexibility index (Phi) is 3.76. The molecule has 0 spiro atoms. The van der Waals surface area contributed by atoms with Gasteiger partial charge in [0.2, 0.25) is 5.91 Å². The second kappa shape index (κ2) is 4.90. The average molecular weight is 184 g/mol. The number of thiophene rings is 1. The van der Waals surface area contributed by atoms with E-state index < -0.39 is 0 Å². The van der Waals surface area contributed by atoms with Gasteiger partial charge in [-0.2, -0.15) is 0 Å². The van der Waals surface area contributed by atoms with Crippen LogP contribution in [0.2, 0.25) is 0 Å². The minimum atomic E-state index is -0.0912. The number of nitrogens with one attached hydrogen (secondary N) is 1. The zero-order chi connectivity index (χ0) is 8.81. The predicted molar refractivity (Wildman–Crippen MR) is 50.1 cm³/mol. The summed E-state index contributed by atoms with van der Waals surface area (Å²) in [5.74, 6) is -0.0912. The third-order valence-corrected chi connectivity index (χ3v) is 2.40. The van der Waals surface area contributed by atoms with Gasteiger partial charge in [-0.15, -0.1) is 11.3 Å². The molecule has 1 aromatic heterocycles. The van der Waals surface area contributed by atoms with Gasteiger partial charge in [-0.25, -0.2) is 0 Å². The lowest BCUT2D eigenvalue weighted by molar-refractivity contribution is -0.119. The van der Waals surface area contributed by atoms with E-state index in [1.54, 1.807) is 11.3 Å². The molecule has 12 heavy (non-hydrogen) atoms. The Morgan fingerprint density at radius 2 is 2.50 bits per heavy atom. The highest BCUT2D eigenvalue weighted by Crippen LogP contribution is 2.07. The maximum Gasteiger partial charge on any atom is 0.233 e. The highest BCUT2D eigenvalue weighted by molar-refractivity contribution is 7.09. The third kappa shape index (κ3) is 3.02. The summed E-state index contributed by atoms with van der Waals surface area (Å²) >= 11 is 1.70. The summed E-state index contributed by atoms with van der Waals surface area (Å²) in [5, 5.41) is 4.74. The summed E-state index contributed by atoms with van der Waals surface area (Å²) in [6, 6.07) is 4.06. The van der Waals surface area contributed by atoms with Crippen LogP contribution < -0.4 is 11.1 Å². The normalized spacial score (nSPS) is 9.75. The number of carbonyl (C=O) groups excluding carboxylic acids is 1. The highest BCUT2D eigenvalue weighted by Gasteiger charge is 1.96. The van der Waals surface area contributed by atoms with Crippen molar-refractivity contribution in [3.63, 3.8) is 0 Å². The SMILES string of the molecule is NCC(=O)NCCc1cccs1. The van der Waals surface area contributed by atoms with Crippen LogP contribution in [0.3, 0.4) is 0 Å². The monoisotopic (exact) mass is 184 g/mol. The lowest BCUT2D eigenvalue weighted by atomic mass is 10.3. The summed E-state index contributed by atoms with van der Waals surface area (Å²) in [6.45, 7) is 0.751. The molecule has 0 bridgehead atoms. The van der Waals surface area contributed by atoms with Crippen molar-refractivity contribution in [2.24, 2.45) is 5.73 Å². The van der Waals surface area contributed by atoms with Gasteiger partial charge in [0.25, 0.3) is 0 Å². The van der Waals surface area contributed by atoms with Crippen LogP contribution in [0, 0.1) is 0 Å². The smallest absolute Gasteiger partial charge is 0.233 e. The van der Waals surface area contributed by atoms with Crippen LogP contribution in [0.5, 0.6) is 0 Å². The molecule has 1 heterocycles. The fourth-order valence-electron chi connectivity index (χ4n) is 0.852. The van der Waals surface area contributed by atoms with Crippen molar-refractivity contribution < 1.29 is 4.79 Å². The third-order valence-electron chi connectivity index (χ3n) is 1.46. The van der Waals surface area contributed by atoms with E-state index in [1.807, 2.05) is 11.4 Å². The molecule has 0 aromatic carbocycles. The number of carbonyl (C=O) groups is 1. The summed E-state index contributed by atoms with van der Waals surface area (Å²) in [4.78, 5) is 12.0. The Morgan fingerprint density at radius 1 is 1.67 bits per heavy atom. The second-order valence-corrected chi connectivity index (χ2v) is 3.42. The molecule has 0 atom stereocenters. The summed E-state index contributed by atoms with van der Waals surface area (Å²) in [6.07, 6.45) is 0.892. The van der Waals surface area contributed by atoms with Crippen LogP contribution in [-0.4, -0.2) is 19.0 Å². The van der Waals surface area contributed by atoms with Crippen molar-refractivity contribution in [3.8, 4) is 0 Å². The van der Waals surface area contributed by atoms with Gasteiger partial charge in [0.05, 0.1) is 6.54 Å². The van der Waals surface area contributed by atoms with Gasteiger partial charge in [0.15, 0.2) is 0 Å². The molecule has 0 saturated carbocycles. The number of hydrogen-bond donors (Lipinski definition) is 2. The fourth-order valence-corrected chi connectivity index (χ4v) is 1.56. The Balaban J connectivity index is 2.15. The molecular formula is C8H12N2OS. The zero-order valence-corrected chi connectivity index (χ0v) is 7.56. The average Bonchev–Trinajstić information content (AvgIpc) is 2.57. The standard InChI is InChI=1S/C8H12N2OS/c9-6-8(11)10-4-3-7-2-1-5-12-7/h1-2,5H,3-4,6,9H2,(H,10,11). The number of nitrogens with two attached hydrogens (primary N) is 1. The number of hydrogen-bond acceptors (Lipinski definition) is 3. The van der Waals surface area contributed by atoms with Crippen LogP contribution in [0.1, 0.15) is 4.88 Å². The Hall–Kier alpha value is -0.870. The first-order chi connectivity index (χ1) is 5.83. The van der Waals surface area contributed by atoms with E-state index in [9.17, 15) is 4.79 Å². The molecule has 0 aliphatic heterocycles. The van der Waals surface area contributed by atoms with Crippen molar-refractivity contribution in [1.29, 1.82) is 0 Å². The molecule has 0 unspecified atom stereocenters. The van der Waals surface area contributed by atoms with E-state index in [0.29, 0.717) is 6.54 Å². The first kappa shape index (κ1) is 9.22. The second-order valence-electron chi connectivity index (χ2n) is 2.38. The van der Waals surface area contributed by atoms with E-state index in [2.05, 4.69) is 11.4 Å². The topological polar surface area (TPSA) is 55.1 Å². The van der Waals surface area contributed by atoms with E-state index >= 15 is 0 Å². The molecule has 4 heteroatoms. The summed E-state index contributed by atoms with van der Waals surface area (Å²) in [7, 11) is 0. The van der Waals surface area contributed by atoms with Crippen molar-refractivity contribution in [2.45, 2.75) is 6.42 Å². The van der Waals surface area contributed by atoms with Gasteiger partial charge in [-0.05, 0) is 17.9 Å². The molecule has 1 rings (SSSR count). The highest BCUT2D eigenvalue weighted by atomic mass is 32.1. The van der Waals surface area contributed by atoms with Gasteiger partial charge >= 0.3 is 0 Å². The first-order valence-corrected chi connectivity index (χ1v) is 4.70. The molecule has 3 N–H and O–H groups in total. The number of amides is 1. The Labute approximate surface area is 75.6 Å². The van der Waals surface area contributed by atoms with Gasteiger partial charge < -0.3 is 11.1 Å². The molecule has 0 aliphatic rings. The van der Waals surface area contributed by atoms with Crippen LogP contribution in [0.15, 0.2) is 17.5 Å². The van der Waals surface area contributed by atoms with Crippen molar-refractivity contribution in [2.75, 3.05) is 13.1 Å².